The second-order valence-electron chi connectivity index (χ2n) is 24.9. The summed E-state index contributed by atoms with van der Waals surface area (Å²) in [5.74, 6) is -0.826. The largest absolute Gasteiger partial charge is 0.462 e. The Morgan fingerprint density at radius 3 is 0.688 bits per heavy atom. The number of unbranched alkanes of at least 4 members (excludes halogenated alkanes) is 53. The van der Waals surface area contributed by atoms with Crippen LogP contribution in [0.4, 0.5) is 0 Å². The zero-order valence-corrected chi connectivity index (χ0v) is 54.4. The molecular weight excluding hydrogens is 985 g/mol. The summed E-state index contributed by atoms with van der Waals surface area (Å²) < 4.78 is 17.0. The molecule has 1 unspecified atom stereocenters. The monoisotopic (exact) mass is 1130 g/mol. The molecule has 0 radical (unpaired) electrons. The smallest absolute Gasteiger partial charge is 0.306 e. The molecule has 0 aromatic heterocycles. The molecule has 0 aliphatic rings. The Kier molecular flexibility index (Phi) is 67.6. The van der Waals surface area contributed by atoms with Crippen LogP contribution in [0.5, 0.6) is 0 Å². The van der Waals surface area contributed by atoms with Gasteiger partial charge in [-0.15, -0.1) is 0 Å². The lowest BCUT2D eigenvalue weighted by atomic mass is 10.0. The summed E-state index contributed by atoms with van der Waals surface area (Å²) in [5, 5.41) is 0. The molecule has 0 N–H and O–H groups in total. The Morgan fingerprint density at radius 1 is 0.250 bits per heavy atom. The fourth-order valence-corrected chi connectivity index (χ4v) is 11.2. The fraction of sp³-hybridized carbons (Fsp3) is 0.905. The van der Waals surface area contributed by atoms with Gasteiger partial charge in [0, 0.05) is 19.3 Å². The molecule has 0 aliphatic heterocycles. The summed E-state index contributed by atoms with van der Waals surface area (Å²) in [4.78, 5) is 38.5. The Bertz CT molecular complexity index is 1290. The van der Waals surface area contributed by atoms with Crippen molar-refractivity contribution in [3.8, 4) is 0 Å². The van der Waals surface area contributed by atoms with Crippen LogP contribution >= 0.6 is 0 Å². The van der Waals surface area contributed by atoms with Gasteiger partial charge in [-0.3, -0.25) is 14.4 Å². The van der Waals surface area contributed by atoms with Crippen LogP contribution in [0.25, 0.3) is 0 Å². The van der Waals surface area contributed by atoms with Crippen molar-refractivity contribution in [2.45, 2.75) is 419 Å². The minimum atomic E-state index is -0.767. The van der Waals surface area contributed by atoms with Gasteiger partial charge in [0.2, 0.25) is 0 Å². The predicted octanol–water partition coefficient (Wildman–Crippen LogP) is 25.0. The van der Waals surface area contributed by atoms with Crippen LogP contribution in [0.2, 0.25) is 0 Å². The molecule has 0 amide bonds. The highest BCUT2D eigenvalue weighted by atomic mass is 16.6. The van der Waals surface area contributed by atoms with Crippen LogP contribution in [0.15, 0.2) is 24.3 Å². The normalized spacial score (nSPS) is 12.1. The van der Waals surface area contributed by atoms with Gasteiger partial charge in [-0.2, -0.15) is 0 Å². The molecular formula is C74H140O6. The van der Waals surface area contributed by atoms with Gasteiger partial charge in [0.1, 0.15) is 13.2 Å². The molecule has 0 aromatic carbocycles. The molecule has 0 saturated heterocycles. The number of hydrogen-bond donors (Lipinski definition) is 0. The number of allylic oxidation sites excluding steroid dienone is 4. The maximum absolute atomic E-state index is 13.0. The van der Waals surface area contributed by atoms with E-state index in [1.165, 1.54) is 308 Å². The van der Waals surface area contributed by atoms with Crippen molar-refractivity contribution in [3.05, 3.63) is 24.3 Å². The maximum atomic E-state index is 13.0. The number of ether oxygens (including phenoxy) is 3. The molecule has 0 bridgehead atoms. The average molecular weight is 1130 g/mol. The molecule has 472 valence electrons. The first kappa shape index (κ1) is 77.9. The highest BCUT2D eigenvalue weighted by molar-refractivity contribution is 5.71. The van der Waals surface area contributed by atoms with Crippen molar-refractivity contribution >= 4 is 17.9 Å². The van der Waals surface area contributed by atoms with E-state index >= 15 is 0 Å². The van der Waals surface area contributed by atoms with Crippen LogP contribution in [-0.2, 0) is 28.6 Å². The van der Waals surface area contributed by atoms with E-state index in [2.05, 4.69) is 45.1 Å². The van der Waals surface area contributed by atoms with Crippen molar-refractivity contribution in [3.63, 3.8) is 0 Å². The van der Waals surface area contributed by atoms with Gasteiger partial charge in [0.15, 0.2) is 6.10 Å². The SMILES string of the molecule is CCCCCCC/C=C\C/C=C\CCCCCCCCCCCCCCCCCC(=O)OCC(COC(=O)CCCCCCCCCCCCCCCCCC)OC(=O)CCCCCCCCCCCCCCCCCCCCC. The number of rotatable bonds is 68. The summed E-state index contributed by atoms with van der Waals surface area (Å²) in [6.45, 7) is 6.72. The quantitative estimate of drug-likeness (QED) is 0.0261. The first-order valence-electron chi connectivity index (χ1n) is 36.3. The van der Waals surface area contributed by atoms with Crippen molar-refractivity contribution in [1.29, 1.82) is 0 Å². The van der Waals surface area contributed by atoms with E-state index in [0.717, 1.165) is 64.2 Å². The first-order chi connectivity index (χ1) is 39.5. The van der Waals surface area contributed by atoms with Gasteiger partial charge in [-0.25, -0.2) is 0 Å². The molecule has 0 fully saturated rings. The molecule has 0 spiro atoms. The van der Waals surface area contributed by atoms with Crippen LogP contribution in [0.1, 0.15) is 412 Å². The van der Waals surface area contributed by atoms with E-state index in [4.69, 9.17) is 14.2 Å². The van der Waals surface area contributed by atoms with E-state index in [0.29, 0.717) is 19.3 Å². The molecule has 80 heavy (non-hydrogen) atoms. The van der Waals surface area contributed by atoms with Crippen LogP contribution < -0.4 is 0 Å². The predicted molar refractivity (Wildman–Crippen MR) is 349 cm³/mol. The van der Waals surface area contributed by atoms with Gasteiger partial charge in [-0.1, -0.05) is 366 Å². The summed E-state index contributed by atoms with van der Waals surface area (Å²) in [5.41, 5.74) is 0. The Hall–Kier alpha value is -2.11. The molecule has 0 aliphatic carbocycles. The molecule has 0 heterocycles. The topological polar surface area (TPSA) is 78.9 Å². The first-order valence-corrected chi connectivity index (χ1v) is 36.3. The van der Waals surface area contributed by atoms with Crippen molar-refractivity contribution in [1.82, 2.24) is 0 Å². The highest BCUT2D eigenvalue weighted by Crippen LogP contribution is 2.19. The third kappa shape index (κ3) is 66.7. The molecule has 1 atom stereocenters. The van der Waals surface area contributed by atoms with E-state index in [9.17, 15) is 14.4 Å². The van der Waals surface area contributed by atoms with Gasteiger partial charge in [0.25, 0.3) is 0 Å². The zero-order valence-electron chi connectivity index (χ0n) is 54.4. The van der Waals surface area contributed by atoms with Crippen LogP contribution in [-0.4, -0.2) is 37.2 Å². The lowest BCUT2D eigenvalue weighted by Gasteiger charge is -2.18. The number of esters is 3. The minimum absolute atomic E-state index is 0.0633. The Balaban J connectivity index is 4.23. The van der Waals surface area contributed by atoms with Crippen molar-refractivity contribution in [2.24, 2.45) is 0 Å². The summed E-state index contributed by atoms with van der Waals surface area (Å²) in [7, 11) is 0. The highest BCUT2D eigenvalue weighted by Gasteiger charge is 2.19. The lowest BCUT2D eigenvalue weighted by Crippen LogP contribution is -2.30. The number of carbonyl (C=O) groups is 3. The third-order valence-corrected chi connectivity index (χ3v) is 16.7. The molecule has 0 aromatic rings. The summed E-state index contributed by atoms with van der Waals surface area (Å²) in [6, 6.07) is 0. The van der Waals surface area contributed by atoms with Gasteiger partial charge in [0.05, 0.1) is 0 Å². The average Bonchev–Trinajstić information content (AvgIpc) is 3.46. The van der Waals surface area contributed by atoms with Gasteiger partial charge >= 0.3 is 17.9 Å². The fourth-order valence-electron chi connectivity index (χ4n) is 11.2. The Labute approximate surface area is 500 Å². The van der Waals surface area contributed by atoms with E-state index in [-0.39, 0.29) is 31.1 Å². The van der Waals surface area contributed by atoms with Gasteiger partial charge < -0.3 is 14.2 Å². The van der Waals surface area contributed by atoms with Gasteiger partial charge in [-0.05, 0) is 51.4 Å². The minimum Gasteiger partial charge on any atom is -0.462 e. The van der Waals surface area contributed by atoms with E-state index in [1.54, 1.807) is 0 Å². The molecule has 6 heteroatoms. The van der Waals surface area contributed by atoms with Crippen LogP contribution in [0, 0.1) is 0 Å². The summed E-state index contributed by atoms with van der Waals surface area (Å²) in [6.07, 6.45) is 84.9. The van der Waals surface area contributed by atoms with E-state index in [1.807, 2.05) is 0 Å². The second kappa shape index (κ2) is 69.4. The summed E-state index contributed by atoms with van der Waals surface area (Å²) >= 11 is 0. The third-order valence-electron chi connectivity index (χ3n) is 16.7. The maximum Gasteiger partial charge on any atom is 0.306 e. The number of carbonyl (C=O) groups excluding carboxylic acids is 3. The lowest BCUT2D eigenvalue weighted by molar-refractivity contribution is -0.167. The molecule has 6 nitrogen and oxygen atoms in total. The second-order valence-corrected chi connectivity index (χ2v) is 24.9. The molecule has 0 rings (SSSR count). The Morgan fingerprint density at radius 2 is 0.450 bits per heavy atom. The molecule has 0 saturated carbocycles. The van der Waals surface area contributed by atoms with Crippen molar-refractivity contribution < 1.29 is 28.6 Å². The zero-order chi connectivity index (χ0) is 57.8. The van der Waals surface area contributed by atoms with Crippen molar-refractivity contribution in [2.75, 3.05) is 13.2 Å². The van der Waals surface area contributed by atoms with E-state index < -0.39 is 6.10 Å². The standard InChI is InChI=1S/C74H140O6/c1-4-7-10-13-16-19-22-25-28-31-33-34-35-36-37-38-39-40-42-43-46-49-52-55-58-61-64-67-73(76)79-70-71(69-78-72(75)66-63-60-57-54-51-48-45-30-27-24-21-18-15-12-9-6-3)80-74(77)68-65-62-59-56-53-50-47-44-41-32-29-26-23-20-17-14-11-8-5-2/h22,25,31,33,71H,4-21,23-24,26-30,32,34-70H2,1-3H3/b25-22-,33-31-. The van der Waals surface area contributed by atoms with Crippen LogP contribution in [0.3, 0.4) is 0 Å². The number of hydrogen-bond acceptors (Lipinski definition) is 6.